The number of nitrogens with zero attached hydrogens (tertiary/aromatic N) is 1. The number of anilines is 3. The Bertz CT molecular complexity index is 3610. The van der Waals surface area contributed by atoms with Crippen molar-refractivity contribution in [2.75, 3.05) is 4.90 Å². The van der Waals surface area contributed by atoms with Crippen molar-refractivity contribution >= 4 is 39.0 Å². The van der Waals surface area contributed by atoms with E-state index in [0.717, 1.165) is 50.1 Å². The zero-order valence-corrected chi connectivity index (χ0v) is 34.9. The third-order valence-corrected chi connectivity index (χ3v) is 14.6. The minimum absolute atomic E-state index is 0.549. The van der Waals surface area contributed by atoms with Gasteiger partial charge in [0.25, 0.3) is 0 Å². The van der Waals surface area contributed by atoms with E-state index in [1.165, 1.54) is 66.8 Å². The molecular formula is C62H39NO. The third-order valence-electron chi connectivity index (χ3n) is 14.6. The van der Waals surface area contributed by atoms with Gasteiger partial charge in [0.2, 0.25) is 0 Å². The molecule has 0 bridgehead atoms. The fourth-order valence-corrected chi connectivity index (χ4v) is 12.2. The van der Waals surface area contributed by atoms with Crippen LogP contribution in [0.1, 0.15) is 44.5 Å². The van der Waals surface area contributed by atoms with E-state index in [0.29, 0.717) is 0 Å². The van der Waals surface area contributed by atoms with Crippen LogP contribution in [0, 0.1) is 0 Å². The summed E-state index contributed by atoms with van der Waals surface area (Å²) in [4.78, 5) is 2.46. The van der Waals surface area contributed by atoms with E-state index < -0.39 is 10.8 Å². The lowest BCUT2D eigenvalue weighted by Crippen LogP contribution is -2.43. The quantitative estimate of drug-likeness (QED) is 0.176. The molecule has 2 nitrogen and oxygen atoms in total. The number of rotatable bonds is 4. The first-order chi connectivity index (χ1) is 31.8. The van der Waals surface area contributed by atoms with E-state index in [4.69, 9.17) is 4.42 Å². The fraction of sp³-hybridized carbons (Fsp3) is 0.0323. The second-order valence-electron chi connectivity index (χ2n) is 17.5. The number of hydrogen-bond acceptors (Lipinski definition) is 2. The minimum Gasteiger partial charge on any atom is -0.456 e. The fourth-order valence-electron chi connectivity index (χ4n) is 12.2. The summed E-state index contributed by atoms with van der Waals surface area (Å²) in [6.45, 7) is 0. The molecule has 2 heteroatoms. The van der Waals surface area contributed by atoms with Crippen molar-refractivity contribution in [2.24, 2.45) is 0 Å². The molecule has 0 fully saturated rings. The molecule has 10 aromatic carbocycles. The van der Waals surface area contributed by atoms with Crippen LogP contribution in [0.4, 0.5) is 17.1 Å². The lowest BCUT2D eigenvalue weighted by Gasteiger charge is -2.49. The Hall–Kier alpha value is -8.20. The van der Waals surface area contributed by atoms with Crippen LogP contribution in [0.5, 0.6) is 0 Å². The molecule has 11 aromatic rings. The molecule has 0 N–H and O–H groups in total. The molecule has 14 rings (SSSR count). The molecule has 3 aliphatic carbocycles. The summed E-state index contributed by atoms with van der Waals surface area (Å²) >= 11 is 0. The van der Waals surface area contributed by atoms with E-state index in [1.807, 2.05) is 6.07 Å². The van der Waals surface area contributed by atoms with E-state index >= 15 is 0 Å². The average molecular weight is 814 g/mol. The van der Waals surface area contributed by atoms with Crippen molar-refractivity contribution in [1.82, 2.24) is 0 Å². The van der Waals surface area contributed by atoms with Crippen molar-refractivity contribution in [1.29, 1.82) is 0 Å². The van der Waals surface area contributed by atoms with Crippen molar-refractivity contribution < 1.29 is 4.42 Å². The predicted octanol–water partition coefficient (Wildman–Crippen LogP) is 15.8. The lowest BCUT2D eigenvalue weighted by molar-refractivity contribution is 0.633. The van der Waals surface area contributed by atoms with E-state index in [2.05, 4.69) is 235 Å². The van der Waals surface area contributed by atoms with Gasteiger partial charge in [-0.3, -0.25) is 0 Å². The maximum absolute atomic E-state index is 6.47. The van der Waals surface area contributed by atoms with Gasteiger partial charge in [-0.25, -0.2) is 0 Å². The zero-order valence-electron chi connectivity index (χ0n) is 34.9. The van der Waals surface area contributed by atoms with E-state index in [1.54, 1.807) is 0 Å². The zero-order chi connectivity index (χ0) is 42.0. The topological polar surface area (TPSA) is 16.4 Å². The summed E-state index contributed by atoms with van der Waals surface area (Å²) in [6.07, 6.45) is 0. The van der Waals surface area contributed by atoms with E-state index in [9.17, 15) is 0 Å². The molecule has 1 aromatic heterocycles. The van der Waals surface area contributed by atoms with Crippen LogP contribution >= 0.6 is 0 Å². The highest BCUT2D eigenvalue weighted by molar-refractivity contribution is 6.06. The maximum atomic E-state index is 6.47. The van der Waals surface area contributed by atoms with Crippen molar-refractivity contribution in [3.63, 3.8) is 0 Å². The molecule has 3 aliphatic rings. The Balaban J connectivity index is 1.09. The third kappa shape index (κ3) is 4.49. The first-order valence-corrected chi connectivity index (χ1v) is 22.3. The summed E-state index contributed by atoms with van der Waals surface area (Å²) < 4.78 is 6.47. The molecule has 0 aliphatic heterocycles. The van der Waals surface area contributed by atoms with Gasteiger partial charge in [-0.05, 0) is 121 Å². The molecule has 2 spiro atoms. The standard InChI is InChI=1S/C62H39NO/c1-2-18-41(19-3-1)63(58-32-16-8-20-43(58)40-34-36-49-48-25-9-17-33-59(48)64-60(49)38-40)42-35-37-56-57(39-42)62(52-28-12-6-23-46(52)47-24-7-13-29-53(47)62)55-31-15-14-30-54(55)61(56)50-26-10-4-21-44(50)45-22-5-11-27-51(45)61/h1-39H. The van der Waals surface area contributed by atoms with Gasteiger partial charge in [-0.15, -0.1) is 0 Å². The molecule has 0 saturated heterocycles. The molecule has 0 radical (unpaired) electrons. The van der Waals surface area contributed by atoms with Crippen molar-refractivity contribution in [2.45, 2.75) is 10.8 Å². The van der Waals surface area contributed by atoms with Gasteiger partial charge < -0.3 is 9.32 Å². The van der Waals surface area contributed by atoms with Crippen LogP contribution < -0.4 is 4.90 Å². The first kappa shape index (κ1) is 35.4. The number of hydrogen-bond donors (Lipinski definition) is 0. The van der Waals surface area contributed by atoms with Crippen molar-refractivity contribution in [3.05, 3.63) is 281 Å². The molecular weight excluding hydrogens is 775 g/mol. The smallest absolute Gasteiger partial charge is 0.136 e. The van der Waals surface area contributed by atoms with E-state index in [-0.39, 0.29) is 0 Å². The lowest BCUT2D eigenvalue weighted by atomic mass is 9.52. The average Bonchev–Trinajstić information content (AvgIpc) is 3.99. The van der Waals surface area contributed by atoms with Gasteiger partial charge in [0.05, 0.1) is 16.5 Å². The molecule has 0 saturated carbocycles. The van der Waals surface area contributed by atoms with Gasteiger partial charge in [-0.1, -0.05) is 188 Å². The van der Waals surface area contributed by atoms with Crippen LogP contribution in [0.25, 0.3) is 55.3 Å². The molecule has 0 atom stereocenters. The molecule has 1 heterocycles. The Labute approximate surface area is 372 Å². The Morgan fingerprint density at radius 3 is 1.34 bits per heavy atom. The summed E-state index contributed by atoms with van der Waals surface area (Å²) in [5.41, 5.74) is 21.9. The highest BCUT2D eigenvalue weighted by atomic mass is 16.3. The van der Waals surface area contributed by atoms with Gasteiger partial charge >= 0.3 is 0 Å². The van der Waals surface area contributed by atoms with Gasteiger partial charge in [0.15, 0.2) is 0 Å². The number of fused-ring (bicyclic) bond motifs is 19. The number of benzene rings is 10. The van der Waals surface area contributed by atoms with Crippen LogP contribution in [-0.4, -0.2) is 0 Å². The Kier molecular flexibility index (Phi) is 7.28. The second-order valence-corrected chi connectivity index (χ2v) is 17.5. The molecule has 0 unspecified atom stereocenters. The summed E-state index contributed by atoms with van der Waals surface area (Å²) in [7, 11) is 0. The van der Waals surface area contributed by atoms with Gasteiger partial charge in [-0.2, -0.15) is 0 Å². The van der Waals surface area contributed by atoms with Gasteiger partial charge in [0.1, 0.15) is 11.2 Å². The minimum atomic E-state index is -0.596. The largest absolute Gasteiger partial charge is 0.456 e. The van der Waals surface area contributed by atoms with Crippen LogP contribution in [-0.2, 0) is 10.8 Å². The van der Waals surface area contributed by atoms with Crippen LogP contribution in [0.15, 0.2) is 241 Å². The SMILES string of the molecule is c1ccc(N(c2ccc3c(c2)C2(c4ccccc4-c4ccccc42)c2ccccc2C32c3ccccc3-c3ccccc32)c2ccccc2-c2ccc3c(c2)oc2ccccc23)cc1. The Morgan fingerprint density at radius 1 is 0.281 bits per heavy atom. The van der Waals surface area contributed by atoms with Crippen LogP contribution in [0.3, 0.4) is 0 Å². The highest BCUT2D eigenvalue weighted by Crippen LogP contribution is 2.67. The first-order valence-electron chi connectivity index (χ1n) is 22.3. The maximum Gasteiger partial charge on any atom is 0.136 e. The Morgan fingerprint density at radius 2 is 0.734 bits per heavy atom. The molecule has 298 valence electrons. The second kappa shape index (κ2) is 13.2. The normalized spacial score (nSPS) is 14.2. The van der Waals surface area contributed by atoms with Crippen molar-refractivity contribution in [3.8, 4) is 33.4 Å². The monoisotopic (exact) mass is 813 g/mol. The van der Waals surface area contributed by atoms with Crippen LogP contribution in [0.2, 0.25) is 0 Å². The number of para-hydroxylation sites is 3. The van der Waals surface area contributed by atoms with Gasteiger partial charge in [0, 0.05) is 27.7 Å². The summed E-state index contributed by atoms with van der Waals surface area (Å²) in [5, 5.41) is 2.26. The predicted molar refractivity (Wildman–Crippen MR) is 262 cm³/mol. The molecule has 64 heavy (non-hydrogen) atoms. The summed E-state index contributed by atoms with van der Waals surface area (Å²) in [5.74, 6) is 0. The molecule has 0 amide bonds. The number of furan rings is 1. The summed E-state index contributed by atoms with van der Waals surface area (Å²) in [6, 6.07) is 87.9. The highest BCUT2D eigenvalue weighted by Gasteiger charge is 2.59.